The van der Waals surface area contributed by atoms with Crippen LogP contribution in [-0.2, 0) is 16.0 Å². The summed E-state index contributed by atoms with van der Waals surface area (Å²) in [6.45, 7) is 4.23. The van der Waals surface area contributed by atoms with Crippen molar-refractivity contribution in [1.82, 2.24) is 15.0 Å². The van der Waals surface area contributed by atoms with Gasteiger partial charge in [-0.15, -0.1) is 0 Å². The molecule has 0 aliphatic carbocycles. The first-order valence-electron chi connectivity index (χ1n) is 9.43. The van der Waals surface area contributed by atoms with E-state index in [0.29, 0.717) is 31.3 Å². The number of hydrogen-bond donors (Lipinski definition) is 1. The topological polar surface area (TPSA) is 86.2 Å². The minimum atomic E-state index is -0.196. The fraction of sp³-hybridized carbons (Fsp3) is 0.273. The largest absolute Gasteiger partial charge is 0.481 e. The molecule has 2 aromatic heterocycles. The third-order valence-electron chi connectivity index (χ3n) is 4.22. The van der Waals surface area contributed by atoms with Crippen molar-refractivity contribution in [3.8, 4) is 17.0 Å². The minimum absolute atomic E-state index is 0.196. The second kappa shape index (κ2) is 9.64. The standard InChI is InChI=1S/C22H24N4O3/c1-4-29-21(27)6-5-16-11-18(14-23-13-16)17-9-15(2)10-19(12-17)25-22-24-8-7-20(26-22)28-3/h7-14H,4-6H2,1-3H3,(H,24,25,26). The molecule has 7 heteroatoms. The summed E-state index contributed by atoms with van der Waals surface area (Å²) in [6.07, 6.45) is 6.17. The first-order chi connectivity index (χ1) is 14.1. The molecular formula is C22H24N4O3. The molecule has 0 aliphatic rings. The number of nitrogens with zero attached hydrogens (tertiary/aromatic N) is 3. The van der Waals surface area contributed by atoms with Gasteiger partial charge in [0, 0.05) is 42.3 Å². The van der Waals surface area contributed by atoms with E-state index in [-0.39, 0.29) is 5.97 Å². The zero-order chi connectivity index (χ0) is 20.6. The highest BCUT2D eigenvalue weighted by molar-refractivity contribution is 5.72. The molecule has 3 aromatic rings. The van der Waals surface area contributed by atoms with E-state index in [1.807, 2.05) is 31.3 Å². The van der Waals surface area contributed by atoms with E-state index in [2.05, 4.69) is 26.3 Å². The van der Waals surface area contributed by atoms with Gasteiger partial charge in [-0.3, -0.25) is 9.78 Å². The Morgan fingerprint density at radius 2 is 2.00 bits per heavy atom. The molecule has 0 fully saturated rings. The normalized spacial score (nSPS) is 10.4. The number of benzene rings is 1. The quantitative estimate of drug-likeness (QED) is 0.578. The maximum absolute atomic E-state index is 11.6. The van der Waals surface area contributed by atoms with Crippen molar-refractivity contribution >= 4 is 17.6 Å². The average molecular weight is 392 g/mol. The predicted molar refractivity (Wildman–Crippen MR) is 111 cm³/mol. The van der Waals surface area contributed by atoms with E-state index in [9.17, 15) is 4.79 Å². The number of aryl methyl sites for hydroxylation is 2. The van der Waals surface area contributed by atoms with Crippen LogP contribution in [0, 0.1) is 6.92 Å². The Bertz CT molecular complexity index is 991. The number of nitrogens with one attached hydrogen (secondary N) is 1. The Hall–Kier alpha value is -3.48. The van der Waals surface area contributed by atoms with Crippen molar-refractivity contribution < 1.29 is 14.3 Å². The average Bonchev–Trinajstić information content (AvgIpc) is 2.72. The van der Waals surface area contributed by atoms with Crippen LogP contribution < -0.4 is 10.1 Å². The zero-order valence-electron chi connectivity index (χ0n) is 16.8. The lowest BCUT2D eigenvalue weighted by atomic mass is 10.0. The van der Waals surface area contributed by atoms with Gasteiger partial charge in [0.2, 0.25) is 11.8 Å². The first-order valence-corrected chi connectivity index (χ1v) is 9.43. The summed E-state index contributed by atoms with van der Waals surface area (Å²) in [6, 6.07) is 9.86. The van der Waals surface area contributed by atoms with Crippen LogP contribution >= 0.6 is 0 Å². The Balaban J connectivity index is 1.80. The molecule has 2 heterocycles. The van der Waals surface area contributed by atoms with Crippen molar-refractivity contribution in [3.63, 3.8) is 0 Å². The molecule has 0 unspecified atom stereocenters. The molecule has 7 nitrogen and oxygen atoms in total. The van der Waals surface area contributed by atoms with Crippen molar-refractivity contribution in [3.05, 3.63) is 60.0 Å². The Morgan fingerprint density at radius 1 is 1.14 bits per heavy atom. The summed E-state index contributed by atoms with van der Waals surface area (Å²) in [4.78, 5) is 24.5. The van der Waals surface area contributed by atoms with Crippen molar-refractivity contribution in [2.24, 2.45) is 0 Å². The van der Waals surface area contributed by atoms with Crippen LogP contribution in [0.3, 0.4) is 0 Å². The number of hydrogen-bond acceptors (Lipinski definition) is 7. The van der Waals surface area contributed by atoms with Crippen LogP contribution in [0.2, 0.25) is 0 Å². The SMILES string of the molecule is CCOC(=O)CCc1cncc(-c2cc(C)cc(Nc3nccc(OC)n3)c2)c1. The summed E-state index contributed by atoms with van der Waals surface area (Å²) in [5.41, 5.74) is 4.93. The summed E-state index contributed by atoms with van der Waals surface area (Å²) in [7, 11) is 1.57. The molecular weight excluding hydrogens is 368 g/mol. The molecule has 150 valence electrons. The van der Waals surface area contributed by atoms with Gasteiger partial charge in [0.1, 0.15) is 0 Å². The van der Waals surface area contributed by atoms with Gasteiger partial charge in [0.05, 0.1) is 13.7 Å². The number of aromatic nitrogens is 3. The highest BCUT2D eigenvalue weighted by atomic mass is 16.5. The number of carbonyl (C=O) groups is 1. The molecule has 0 saturated heterocycles. The second-order valence-electron chi connectivity index (χ2n) is 6.52. The van der Waals surface area contributed by atoms with E-state index in [1.165, 1.54) is 0 Å². The summed E-state index contributed by atoms with van der Waals surface area (Å²) in [5, 5.41) is 3.21. The predicted octanol–water partition coefficient (Wildman–Crippen LogP) is 4.09. The van der Waals surface area contributed by atoms with Crippen LogP contribution in [0.5, 0.6) is 5.88 Å². The maximum Gasteiger partial charge on any atom is 0.306 e. The van der Waals surface area contributed by atoms with E-state index >= 15 is 0 Å². The molecule has 0 amide bonds. The number of methoxy groups -OCH3 is 1. The second-order valence-corrected chi connectivity index (χ2v) is 6.52. The highest BCUT2D eigenvalue weighted by Crippen LogP contribution is 2.26. The molecule has 0 aliphatic heterocycles. The number of anilines is 2. The van der Waals surface area contributed by atoms with Gasteiger partial charge in [-0.25, -0.2) is 4.98 Å². The Kier molecular flexibility index (Phi) is 6.73. The first kappa shape index (κ1) is 20.3. The van der Waals surface area contributed by atoms with Gasteiger partial charge in [-0.05, 0) is 55.2 Å². The van der Waals surface area contributed by atoms with Gasteiger partial charge in [-0.2, -0.15) is 4.98 Å². The van der Waals surface area contributed by atoms with Crippen LogP contribution in [-0.4, -0.2) is 34.6 Å². The number of rotatable bonds is 8. The van der Waals surface area contributed by atoms with E-state index in [0.717, 1.165) is 27.9 Å². The van der Waals surface area contributed by atoms with Gasteiger partial charge >= 0.3 is 5.97 Å². The van der Waals surface area contributed by atoms with Gasteiger partial charge < -0.3 is 14.8 Å². The molecule has 1 N–H and O–H groups in total. The zero-order valence-corrected chi connectivity index (χ0v) is 16.8. The number of esters is 1. The van der Waals surface area contributed by atoms with Gasteiger partial charge in [0.15, 0.2) is 0 Å². The summed E-state index contributed by atoms with van der Waals surface area (Å²) >= 11 is 0. The van der Waals surface area contributed by atoms with Crippen molar-refractivity contribution in [2.45, 2.75) is 26.7 Å². The van der Waals surface area contributed by atoms with Crippen LogP contribution in [0.25, 0.3) is 11.1 Å². The number of pyridine rings is 1. The van der Waals surface area contributed by atoms with Crippen LogP contribution in [0.4, 0.5) is 11.6 Å². The Labute approximate surface area is 170 Å². The van der Waals surface area contributed by atoms with Crippen LogP contribution in [0.1, 0.15) is 24.5 Å². The molecule has 0 atom stereocenters. The molecule has 0 radical (unpaired) electrons. The lowest BCUT2D eigenvalue weighted by Gasteiger charge is -2.11. The smallest absolute Gasteiger partial charge is 0.306 e. The molecule has 29 heavy (non-hydrogen) atoms. The van der Waals surface area contributed by atoms with E-state index in [1.54, 1.807) is 32.5 Å². The van der Waals surface area contributed by atoms with E-state index < -0.39 is 0 Å². The molecule has 0 saturated carbocycles. The molecule has 0 spiro atoms. The van der Waals surface area contributed by atoms with Crippen molar-refractivity contribution in [1.29, 1.82) is 0 Å². The third-order valence-corrected chi connectivity index (χ3v) is 4.22. The molecule has 0 bridgehead atoms. The van der Waals surface area contributed by atoms with Crippen LogP contribution in [0.15, 0.2) is 48.9 Å². The highest BCUT2D eigenvalue weighted by Gasteiger charge is 2.08. The fourth-order valence-corrected chi connectivity index (χ4v) is 2.93. The molecule has 3 rings (SSSR count). The monoisotopic (exact) mass is 392 g/mol. The fourth-order valence-electron chi connectivity index (χ4n) is 2.93. The lowest BCUT2D eigenvalue weighted by molar-refractivity contribution is -0.143. The van der Waals surface area contributed by atoms with Gasteiger partial charge in [-0.1, -0.05) is 6.07 Å². The van der Waals surface area contributed by atoms with E-state index in [4.69, 9.17) is 9.47 Å². The summed E-state index contributed by atoms with van der Waals surface area (Å²) < 4.78 is 10.1. The maximum atomic E-state index is 11.6. The summed E-state index contributed by atoms with van der Waals surface area (Å²) in [5.74, 6) is 0.759. The lowest BCUT2D eigenvalue weighted by Crippen LogP contribution is -2.05. The van der Waals surface area contributed by atoms with Crippen molar-refractivity contribution in [2.75, 3.05) is 19.0 Å². The van der Waals surface area contributed by atoms with Gasteiger partial charge in [0.25, 0.3) is 0 Å². The minimum Gasteiger partial charge on any atom is -0.481 e. The third kappa shape index (κ3) is 5.75. The number of ether oxygens (including phenoxy) is 2. The molecule has 1 aromatic carbocycles. The number of carbonyl (C=O) groups excluding carboxylic acids is 1. The Morgan fingerprint density at radius 3 is 2.79 bits per heavy atom.